The Bertz CT molecular complexity index is 5880. The number of nitrogens with zero attached hydrogens (tertiary/aromatic N) is 3. The van der Waals surface area contributed by atoms with Gasteiger partial charge in [-0.3, -0.25) is 44.4 Å². The molecule has 0 spiro atoms. The van der Waals surface area contributed by atoms with Crippen LogP contribution in [0.15, 0.2) is 220 Å². The first kappa shape index (κ1) is 95.0. The maximum Gasteiger partial charge on any atom is 0.414 e. The number of carbonyl (C=O) groups excluding carboxylic acids is 8. The number of carbonyl (C=O) groups is 12. The highest BCUT2D eigenvalue weighted by Gasteiger charge is 2.45. The lowest BCUT2D eigenvalue weighted by molar-refractivity contribution is -0.155. The molecule has 682 valence electrons. The number of aromatic hydroxyl groups is 1. The van der Waals surface area contributed by atoms with Gasteiger partial charge in [-0.25, -0.2) is 43.3 Å². The number of ketones is 2. The van der Waals surface area contributed by atoms with E-state index in [1.54, 1.807) is 71.9 Å². The number of amides is 5. The number of ether oxygens (including phenoxy) is 7. The summed E-state index contributed by atoms with van der Waals surface area (Å²) >= 11 is 0. The molecular formula is C99H100N6O26. The third kappa shape index (κ3) is 23.8. The van der Waals surface area contributed by atoms with Gasteiger partial charge >= 0.3 is 60.3 Å². The molecule has 131 heavy (non-hydrogen) atoms. The molecule has 1 saturated carbocycles. The molecule has 32 nitrogen and oxygen atoms in total. The van der Waals surface area contributed by atoms with E-state index < -0.39 is 102 Å². The molecule has 2 saturated heterocycles. The molecule has 0 aromatic heterocycles. The van der Waals surface area contributed by atoms with Crippen LogP contribution in [0.5, 0.6) is 5.75 Å². The lowest BCUT2D eigenvalue weighted by Crippen LogP contribution is -2.47. The zero-order chi connectivity index (χ0) is 94.3. The number of fused-ring (bicyclic) bond motifs is 11. The second-order valence-corrected chi connectivity index (χ2v) is 34.0. The van der Waals surface area contributed by atoms with Crippen molar-refractivity contribution in [2.45, 2.75) is 147 Å². The van der Waals surface area contributed by atoms with E-state index in [0.29, 0.717) is 45.9 Å². The van der Waals surface area contributed by atoms with Crippen LogP contribution < -0.4 is 21.4 Å². The number of Topliss-reactive ketones (excluding diaryl/α,β-unsaturated/α-hetero) is 2. The van der Waals surface area contributed by atoms with Crippen molar-refractivity contribution in [3.8, 4) is 61.6 Å². The van der Waals surface area contributed by atoms with Crippen LogP contribution >= 0.6 is 0 Å². The summed E-state index contributed by atoms with van der Waals surface area (Å²) in [5.41, 5.74) is 13.7. The molecule has 0 bridgehead atoms. The highest BCUT2D eigenvalue weighted by atomic mass is 16.6. The van der Waals surface area contributed by atoms with Crippen LogP contribution in [0, 0.1) is 5.92 Å². The molecule has 16 rings (SSSR count). The molecule has 8 aromatic carbocycles. The Morgan fingerprint density at radius 1 is 0.496 bits per heavy atom. The third-order valence-corrected chi connectivity index (χ3v) is 21.8. The topological polar surface area (TPSA) is 456 Å². The molecule has 0 radical (unpaired) electrons. The molecule has 32 heteroatoms. The molecule has 4 atom stereocenters. The van der Waals surface area contributed by atoms with Gasteiger partial charge in [0.15, 0.2) is 17.0 Å². The first-order chi connectivity index (χ1) is 62.4. The average molecular weight is 1790 g/mol. The number of aliphatic carboxylic acids is 3. The minimum absolute atomic E-state index is 0.0198. The Balaban J connectivity index is 0.000000156. The molecule has 8 aliphatic rings. The van der Waals surface area contributed by atoms with Crippen LogP contribution in [-0.4, -0.2) is 201 Å². The fraction of sp³-hybridized carbons (Fsp3) is 0.313. The number of hydrogen-bond donors (Lipinski definition) is 8. The van der Waals surface area contributed by atoms with Gasteiger partial charge in [0.1, 0.15) is 66.7 Å². The van der Waals surface area contributed by atoms with Crippen LogP contribution in [0.25, 0.3) is 66.8 Å². The van der Waals surface area contributed by atoms with E-state index in [0.717, 1.165) is 71.7 Å². The number of guanidine groups is 1. The number of aliphatic imine (C=N–C) groups is 1. The maximum atomic E-state index is 13.3. The van der Waals surface area contributed by atoms with Crippen molar-refractivity contribution in [1.82, 2.24) is 25.8 Å². The largest absolute Gasteiger partial charge is 0.508 e. The molecule has 8 N–H and O–H groups in total. The van der Waals surface area contributed by atoms with E-state index in [2.05, 4.69) is 62.1 Å². The number of benzene rings is 9. The molecule has 3 fully saturated rings. The Labute approximate surface area is 752 Å². The van der Waals surface area contributed by atoms with Crippen LogP contribution in [-0.2, 0) is 61.9 Å². The summed E-state index contributed by atoms with van der Waals surface area (Å²) in [6.07, 6.45) is -4.65. The van der Waals surface area contributed by atoms with Crippen molar-refractivity contribution in [3.63, 3.8) is 0 Å². The van der Waals surface area contributed by atoms with Gasteiger partial charge in [-0.05, 0) is 150 Å². The lowest BCUT2D eigenvalue weighted by atomic mass is 9.91. The van der Waals surface area contributed by atoms with Gasteiger partial charge < -0.3 is 68.4 Å². The number of esters is 1. The minimum Gasteiger partial charge on any atom is -0.508 e. The minimum atomic E-state index is -1.23. The van der Waals surface area contributed by atoms with Crippen molar-refractivity contribution < 1.29 is 121 Å². The number of hydrogen-bond acceptors (Lipinski definition) is 23. The van der Waals surface area contributed by atoms with E-state index >= 15 is 0 Å². The summed E-state index contributed by atoms with van der Waals surface area (Å²) in [4.78, 5) is 159. The van der Waals surface area contributed by atoms with Gasteiger partial charge in [-0.2, -0.15) is 0 Å². The second-order valence-electron chi connectivity index (χ2n) is 34.0. The molecule has 3 heterocycles. The zero-order valence-electron chi connectivity index (χ0n) is 73.3. The Morgan fingerprint density at radius 3 is 1.34 bits per heavy atom. The third-order valence-electron chi connectivity index (χ3n) is 21.8. The molecule has 5 aliphatic carbocycles. The second kappa shape index (κ2) is 41.8. The summed E-state index contributed by atoms with van der Waals surface area (Å²) in [5, 5.41) is 54.9. The van der Waals surface area contributed by atoms with Crippen molar-refractivity contribution in [1.29, 1.82) is 0 Å². The van der Waals surface area contributed by atoms with Gasteiger partial charge in [0.05, 0.1) is 24.3 Å². The van der Waals surface area contributed by atoms with Gasteiger partial charge in [-0.1, -0.05) is 178 Å². The molecule has 0 unspecified atom stereocenters. The van der Waals surface area contributed by atoms with Crippen LogP contribution in [0.2, 0.25) is 0 Å². The highest BCUT2D eigenvalue weighted by Crippen LogP contribution is 2.49. The summed E-state index contributed by atoms with van der Waals surface area (Å²) < 4.78 is 43.1. The van der Waals surface area contributed by atoms with Crippen molar-refractivity contribution in [2.75, 3.05) is 46.1 Å². The predicted molar refractivity (Wildman–Crippen MR) is 479 cm³/mol. The summed E-state index contributed by atoms with van der Waals surface area (Å²) in [7, 11) is 0. The average Bonchev–Trinajstić information content (AvgIpc) is 1.67. The molecule has 5 amide bonds. The standard InChI is InChI=1S/C31H38N4O8.C24H27NO5.C20H12O5.C17H15NO4.C7H8O4/c1-30(2,3)42-27(38)33-26(34-28(39)43-31(4,5)6)32-18-15-24(25(36)37)35(16-18)29(40)41-17-23-21-13-9-7-11-19(21)20-12-8-10-14-22(20)23;1-15(2)13-29-16-11-22(23(26)27)25(12-16)24(28)30-14-21-19-9-5-3-7-17(19)18-8-4-6-10-20(18)21;21-11-5-7-15-17(9-11)25-18-10-12(22)6-8-16(18)19(15)13-3-1-2-4-14(13)20(23)24;19-16(20)9-18-17(21)22-10-15-13-7-3-1-5-11(13)12-6-2-4-8-14(12)15;1-4(8)11-7-5(9)2-3-6(7)10/h7-14,18,23-24H,15-17H2,1-6H3,(H,36,37)(H2,32,33,34,38,39);3-10,15-16,21-22H,11-14H2,1-2H3,(H,26,27);1-10,21H,(H,23,24);1-8,15H,9-10H2,(H,18,21)(H,19,20);7H,2-3H2,1H3/t18-,24+;16-,22+;;;/m11.../s1. The monoisotopic (exact) mass is 1790 g/mol. The van der Waals surface area contributed by atoms with Gasteiger partial charge in [-0.15, -0.1) is 0 Å². The summed E-state index contributed by atoms with van der Waals surface area (Å²) in [6, 6.07) is 60.8. The molecular weight excluding hydrogens is 1690 g/mol. The number of nitrogens with one attached hydrogen (secondary N) is 3. The number of rotatable bonds is 17. The number of carboxylic acid groups (broad SMARTS) is 4. The SMILES string of the molecule is CC(=O)OC1C(=O)CCC1=O.CC(C)(C)OC(=O)NC(=N[C@@H]1C[C@@H](C(=O)O)N(C(=O)OCC2c3ccccc3-c3ccccc32)C1)NC(=O)OC(C)(C)C.CC(C)CO[C@@H]1C[C@@H](C(=O)O)N(C(=O)OCC2c3ccccc3-c3ccccc32)C1.O=C(O)CNC(=O)OCC1c2ccccc2-c2ccccc21.O=C(O)c1ccccc1-c1c2ccc(=O)cc-2oc2cc(O)ccc12. The molecule has 3 aliphatic heterocycles. The van der Waals surface area contributed by atoms with Crippen molar-refractivity contribution in [2.24, 2.45) is 10.9 Å². The van der Waals surface area contributed by atoms with Gasteiger partial charge in [0, 0.05) is 92.2 Å². The number of likely N-dealkylation sites (tertiary alicyclic amines) is 2. The van der Waals surface area contributed by atoms with E-state index in [4.69, 9.17) is 37.9 Å². The van der Waals surface area contributed by atoms with Crippen molar-refractivity contribution in [3.05, 3.63) is 255 Å². The number of aromatic carboxylic acids is 1. The fourth-order valence-electron chi connectivity index (χ4n) is 16.3. The zero-order valence-corrected chi connectivity index (χ0v) is 73.3. The van der Waals surface area contributed by atoms with Crippen LogP contribution in [0.4, 0.5) is 24.0 Å². The number of carboxylic acids is 4. The number of alkyl carbamates (subject to hydrolysis) is 3. The number of phenols is 1. The van der Waals surface area contributed by atoms with E-state index in [9.17, 15) is 82.8 Å². The van der Waals surface area contributed by atoms with Crippen LogP contribution in [0.1, 0.15) is 149 Å². The van der Waals surface area contributed by atoms with E-state index in [1.165, 1.54) is 42.2 Å². The van der Waals surface area contributed by atoms with Gasteiger partial charge in [0.2, 0.25) is 12.1 Å². The predicted octanol–water partition coefficient (Wildman–Crippen LogP) is 15.4. The quantitative estimate of drug-likeness (QED) is 0.0105. The normalized spacial score (nSPS) is 16.3. The Hall–Kier alpha value is -15.1. The lowest BCUT2D eigenvalue weighted by Gasteiger charge is -2.23. The fourth-order valence-corrected chi connectivity index (χ4v) is 16.3. The first-order valence-corrected chi connectivity index (χ1v) is 42.3. The highest BCUT2D eigenvalue weighted by molar-refractivity contribution is 6.12. The molecule has 8 aromatic rings. The van der Waals surface area contributed by atoms with E-state index in [-0.39, 0.29) is 117 Å². The Morgan fingerprint density at radius 2 is 0.916 bits per heavy atom. The summed E-state index contributed by atoms with van der Waals surface area (Å²) in [5.74, 6) is -5.44. The smallest absolute Gasteiger partial charge is 0.414 e. The van der Waals surface area contributed by atoms with Crippen molar-refractivity contribution >= 4 is 88.8 Å². The summed E-state index contributed by atoms with van der Waals surface area (Å²) in [6.45, 7) is 15.9. The number of phenolic OH excluding ortho intramolecular Hbond substituents is 1. The van der Waals surface area contributed by atoms with Gasteiger partial charge in [0.25, 0.3) is 0 Å². The maximum absolute atomic E-state index is 13.3. The van der Waals surface area contributed by atoms with Crippen LogP contribution in [0.3, 0.4) is 0 Å². The first-order valence-electron chi connectivity index (χ1n) is 42.3. The van der Waals surface area contributed by atoms with E-state index in [1.807, 2.05) is 123 Å². The Kier molecular flexibility index (Phi) is 30.3.